The third kappa shape index (κ3) is 4.79. The maximum Gasteiger partial charge on any atom is 0.471 e. The summed E-state index contributed by atoms with van der Waals surface area (Å²) in [4.78, 5) is 12.7. The lowest BCUT2D eigenvalue weighted by molar-refractivity contribution is -0.185. The second-order valence-electron chi connectivity index (χ2n) is 7.30. The summed E-state index contributed by atoms with van der Waals surface area (Å²) in [5.74, 6) is -1.91. The second-order valence-corrected chi connectivity index (χ2v) is 9.28. The molecule has 0 radical (unpaired) electrons. The van der Waals surface area contributed by atoms with Crippen molar-refractivity contribution >= 4 is 15.7 Å². The van der Waals surface area contributed by atoms with Crippen LogP contribution in [0.15, 0.2) is 41.3 Å². The molecule has 1 heterocycles. The highest BCUT2D eigenvalue weighted by atomic mass is 32.2. The predicted octanol–water partition coefficient (Wildman–Crippen LogP) is 3.19. The van der Waals surface area contributed by atoms with E-state index in [1.54, 1.807) is 24.3 Å². The summed E-state index contributed by atoms with van der Waals surface area (Å²) < 4.78 is 74.4. The highest BCUT2D eigenvalue weighted by Crippen LogP contribution is 2.38. The summed E-state index contributed by atoms with van der Waals surface area (Å²) in [7, 11) is -0.849. The number of carbonyl (C=O) groups excluding carboxylic acids is 1. The molecule has 0 aliphatic carbocycles. The Kier molecular flexibility index (Phi) is 6.22. The summed E-state index contributed by atoms with van der Waals surface area (Å²) in [5.41, 5.74) is 1.81. The first-order valence-corrected chi connectivity index (χ1v) is 11.3. The number of fused-ring (bicyclic) bond motifs is 1. The normalized spacial score (nSPS) is 17.0. The van der Waals surface area contributed by atoms with E-state index in [1.165, 1.54) is 26.4 Å². The lowest BCUT2D eigenvalue weighted by Crippen LogP contribution is -2.43. The van der Waals surface area contributed by atoms with Gasteiger partial charge in [-0.1, -0.05) is 12.1 Å². The number of carbonyl (C=O) groups is 1. The third-order valence-corrected chi connectivity index (χ3v) is 6.42. The van der Waals surface area contributed by atoms with Crippen LogP contribution in [0.5, 0.6) is 11.5 Å². The maximum atomic E-state index is 13.2. The fourth-order valence-corrected chi connectivity index (χ4v) is 4.61. The highest BCUT2D eigenvalue weighted by molar-refractivity contribution is 7.90. The number of benzene rings is 2. The van der Waals surface area contributed by atoms with Crippen molar-refractivity contribution in [2.24, 2.45) is 0 Å². The molecule has 0 spiro atoms. The molecule has 1 amide bonds. The van der Waals surface area contributed by atoms with Crippen molar-refractivity contribution in [3.05, 3.63) is 53.1 Å². The zero-order valence-corrected chi connectivity index (χ0v) is 18.0. The van der Waals surface area contributed by atoms with E-state index in [0.717, 1.165) is 11.2 Å². The highest BCUT2D eigenvalue weighted by Gasteiger charge is 2.44. The molecule has 2 aromatic carbocycles. The average molecular weight is 457 g/mol. The van der Waals surface area contributed by atoms with Crippen LogP contribution in [0.1, 0.15) is 22.6 Å². The number of alkyl halides is 3. The van der Waals surface area contributed by atoms with Gasteiger partial charge in [0.15, 0.2) is 9.84 Å². The molecule has 6 nitrogen and oxygen atoms in total. The van der Waals surface area contributed by atoms with Crippen LogP contribution in [0.4, 0.5) is 13.2 Å². The van der Waals surface area contributed by atoms with Gasteiger partial charge in [0.2, 0.25) is 0 Å². The fraction of sp³-hybridized carbons (Fsp3) is 0.381. The largest absolute Gasteiger partial charge is 0.497 e. The van der Waals surface area contributed by atoms with Crippen LogP contribution < -0.4 is 9.47 Å². The predicted molar refractivity (Wildman–Crippen MR) is 107 cm³/mol. The molecular weight excluding hydrogens is 435 g/mol. The van der Waals surface area contributed by atoms with Crippen molar-refractivity contribution in [1.29, 1.82) is 0 Å². The zero-order chi connectivity index (χ0) is 23.0. The molecule has 1 aliphatic rings. The molecule has 0 bridgehead atoms. The molecule has 0 N–H and O–H groups in total. The van der Waals surface area contributed by atoms with E-state index in [1.807, 2.05) is 0 Å². The van der Waals surface area contributed by atoms with Crippen molar-refractivity contribution in [3.8, 4) is 11.5 Å². The molecule has 0 saturated carbocycles. The van der Waals surface area contributed by atoms with Gasteiger partial charge in [-0.25, -0.2) is 8.42 Å². The van der Waals surface area contributed by atoms with E-state index in [0.29, 0.717) is 22.4 Å². The van der Waals surface area contributed by atoms with Gasteiger partial charge in [-0.3, -0.25) is 4.79 Å². The van der Waals surface area contributed by atoms with Crippen LogP contribution in [0.2, 0.25) is 0 Å². The van der Waals surface area contributed by atoms with Gasteiger partial charge in [0.1, 0.15) is 16.4 Å². The number of sulfone groups is 1. The minimum absolute atomic E-state index is 0.0529. The van der Waals surface area contributed by atoms with Gasteiger partial charge in [-0.15, -0.1) is 0 Å². The molecule has 1 unspecified atom stereocenters. The summed E-state index contributed by atoms with van der Waals surface area (Å²) in [5, 5.41) is 0. The first-order chi connectivity index (χ1) is 14.5. The Morgan fingerprint density at radius 1 is 1.10 bits per heavy atom. The average Bonchev–Trinajstić information content (AvgIpc) is 2.90. The summed E-state index contributed by atoms with van der Waals surface area (Å²) >= 11 is 0. The number of halogens is 3. The van der Waals surface area contributed by atoms with Gasteiger partial charge in [-0.2, -0.15) is 13.2 Å². The topological polar surface area (TPSA) is 72.9 Å². The van der Waals surface area contributed by atoms with Crippen LogP contribution in [0, 0.1) is 0 Å². The number of ether oxygens (including phenoxy) is 2. The number of methoxy groups -OCH3 is 2. The number of rotatable bonds is 4. The molecule has 3 rings (SSSR count). The van der Waals surface area contributed by atoms with Crippen molar-refractivity contribution < 1.29 is 35.9 Å². The fourth-order valence-electron chi connectivity index (χ4n) is 3.76. The van der Waals surface area contributed by atoms with E-state index >= 15 is 0 Å². The zero-order valence-electron chi connectivity index (χ0n) is 17.2. The van der Waals surface area contributed by atoms with Crippen LogP contribution in [-0.4, -0.2) is 59.0 Å². The van der Waals surface area contributed by atoms with Gasteiger partial charge >= 0.3 is 12.1 Å². The summed E-state index contributed by atoms with van der Waals surface area (Å²) in [6.45, 7) is -0.396. The second kappa shape index (κ2) is 8.41. The molecule has 10 heteroatoms. The van der Waals surface area contributed by atoms with E-state index < -0.39 is 27.8 Å². The molecule has 31 heavy (non-hydrogen) atoms. The van der Waals surface area contributed by atoms with Crippen LogP contribution in [0.3, 0.4) is 0 Å². The third-order valence-electron chi connectivity index (χ3n) is 5.30. The molecule has 1 atom stereocenters. The Balaban J connectivity index is 2.18. The molecule has 0 fully saturated rings. The Morgan fingerprint density at radius 2 is 1.74 bits per heavy atom. The molecule has 0 aromatic heterocycles. The van der Waals surface area contributed by atoms with Crippen LogP contribution in [0.25, 0.3) is 0 Å². The maximum absolute atomic E-state index is 13.2. The van der Waals surface area contributed by atoms with Gasteiger partial charge < -0.3 is 14.4 Å². The van der Waals surface area contributed by atoms with Crippen molar-refractivity contribution in [2.45, 2.75) is 23.4 Å². The molecule has 168 valence electrons. The van der Waals surface area contributed by atoms with Crippen molar-refractivity contribution in [1.82, 2.24) is 4.90 Å². The molecule has 1 aliphatic heterocycles. The van der Waals surface area contributed by atoms with E-state index in [4.69, 9.17) is 9.47 Å². The summed E-state index contributed by atoms with van der Waals surface area (Å²) in [6, 6.07) is 9.69. The Hall–Kier alpha value is -2.75. The van der Waals surface area contributed by atoms with Crippen molar-refractivity contribution in [2.75, 3.05) is 33.6 Å². The Bertz CT molecular complexity index is 1080. The number of hydrogen-bond donors (Lipinski definition) is 0. The SMILES string of the molecule is COc1ccc(C2CN(C(=O)C(F)(F)F)CCc3cc(OC)c(S(C)(=O)=O)cc32)cc1. The quantitative estimate of drug-likeness (QED) is 0.705. The number of hydrogen-bond acceptors (Lipinski definition) is 5. The summed E-state index contributed by atoms with van der Waals surface area (Å²) in [6.07, 6.45) is -3.84. The lowest BCUT2D eigenvalue weighted by Gasteiger charge is -2.26. The first kappa shape index (κ1) is 22.9. The van der Waals surface area contributed by atoms with E-state index in [-0.39, 0.29) is 30.2 Å². The Labute approximate surface area is 178 Å². The van der Waals surface area contributed by atoms with E-state index in [9.17, 15) is 26.4 Å². The lowest BCUT2D eigenvalue weighted by atomic mass is 9.88. The molecule has 2 aromatic rings. The van der Waals surface area contributed by atoms with Crippen LogP contribution in [-0.2, 0) is 21.1 Å². The number of nitrogens with zero attached hydrogens (tertiary/aromatic N) is 1. The standard InChI is InChI=1S/C21H22F3NO5S/c1-29-15-6-4-13(5-7-15)17-12-25(20(26)21(22,23)24)9-8-14-10-18(30-2)19(11-16(14)17)31(3,27)28/h4-7,10-11,17H,8-9,12H2,1-3H3. The molecule has 0 saturated heterocycles. The first-order valence-electron chi connectivity index (χ1n) is 9.36. The van der Waals surface area contributed by atoms with Crippen molar-refractivity contribution in [3.63, 3.8) is 0 Å². The van der Waals surface area contributed by atoms with Gasteiger partial charge in [-0.05, 0) is 47.4 Å². The van der Waals surface area contributed by atoms with Gasteiger partial charge in [0.05, 0.1) is 14.2 Å². The van der Waals surface area contributed by atoms with E-state index in [2.05, 4.69) is 0 Å². The smallest absolute Gasteiger partial charge is 0.471 e. The monoisotopic (exact) mass is 457 g/mol. The van der Waals surface area contributed by atoms with Crippen LogP contribution >= 0.6 is 0 Å². The molecular formula is C21H22F3NO5S. The Morgan fingerprint density at radius 3 is 2.26 bits per heavy atom. The minimum Gasteiger partial charge on any atom is -0.497 e. The van der Waals surface area contributed by atoms with Gasteiger partial charge in [0.25, 0.3) is 0 Å². The minimum atomic E-state index is -5.00. The number of amides is 1. The van der Waals surface area contributed by atoms with Gasteiger partial charge in [0, 0.05) is 25.3 Å².